The molecule has 4 aromatic rings. The van der Waals surface area contributed by atoms with E-state index in [0.717, 1.165) is 35.2 Å². The molecule has 0 bridgehead atoms. The van der Waals surface area contributed by atoms with E-state index >= 15 is 0 Å². The van der Waals surface area contributed by atoms with Crippen LogP contribution < -0.4 is 5.32 Å². The second kappa shape index (κ2) is 6.86. The van der Waals surface area contributed by atoms with E-state index in [1.807, 2.05) is 42.0 Å². The van der Waals surface area contributed by atoms with Crippen molar-refractivity contribution in [2.45, 2.75) is 18.9 Å². The molecule has 4 heterocycles. The third-order valence-corrected chi connectivity index (χ3v) is 6.11. The first kappa shape index (κ1) is 18.1. The van der Waals surface area contributed by atoms with E-state index < -0.39 is 0 Å². The molecule has 148 valence electrons. The Hall–Kier alpha value is -2.90. The van der Waals surface area contributed by atoms with Gasteiger partial charge in [-0.3, -0.25) is 14.4 Å². The Kier molecular flexibility index (Phi) is 4.29. The molecule has 0 aliphatic carbocycles. The number of benzene rings is 1. The van der Waals surface area contributed by atoms with Crippen molar-refractivity contribution >= 4 is 39.7 Å². The molecule has 1 atom stereocenters. The zero-order valence-electron chi connectivity index (χ0n) is 16.3. The maximum absolute atomic E-state index is 12.8. The normalized spacial score (nSPS) is 17.4. The molecule has 1 aliphatic heterocycles. The smallest absolute Gasteiger partial charge is 0.257 e. The number of imidazole rings is 1. The first-order chi connectivity index (χ1) is 14.0. The van der Waals surface area contributed by atoms with Gasteiger partial charge >= 0.3 is 0 Å². The minimum absolute atomic E-state index is 0.254. The third-order valence-electron chi connectivity index (χ3n) is 5.70. The van der Waals surface area contributed by atoms with Crippen LogP contribution in [0.5, 0.6) is 0 Å². The van der Waals surface area contributed by atoms with Gasteiger partial charge in [0.05, 0.1) is 39.7 Å². The van der Waals surface area contributed by atoms with E-state index in [1.165, 1.54) is 6.42 Å². The number of hydrogen-bond acceptors (Lipinski definition) is 4. The highest BCUT2D eigenvalue weighted by molar-refractivity contribution is 6.39. The lowest BCUT2D eigenvalue weighted by Gasteiger charge is -2.16. The molecule has 3 aromatic heterocycles. The fraction of sp³-hybridized carbons (Fsp3) is 0.286. The van der Waals surface area contributed by atoms with Gasteiger partial charge in [0.1, 0.15) is 5.65 Å². The number of nitrogens with one attached hydrogen (secondary N) is 1. The quantitative estimate of drug-likeness (QED) is 0.558. The molecule has 8 heteroatoms. The van der Waals surface area contributed by atoms with E-state index in [1.54, 1.807) is 16.9 Å². The van der Waals surface area contributed by atoms with Crippen LogP contribution in [0.1, 0.15) is 34.9 Å². The standard InChI is InChI=1S/C21H21ClN6O/c1-26-9-3-4-18(26)16-12-28-11-13(5-8-19(28)25-16)24-21(29)14-6-7-17-15(20(14)22)10-23-27(17)2/h5-8,10-12,18H,3-4,9H2,1-2H3,(H,24,29). The zero-order valence-corrected chi connectivity index (χ0v) is 17.0. The number of carbonyl (C=O) groups is 1. The van der Waals surface area contributed by atoms with Crippen molar-refractivity contribution in [2.24, 2.45) is 7.05 Å². The molecule has 0 radical (unpaired) electrons. The first-order valence-corrected chi connectivity index (χ1v) is 9.99. The van der Waals surface area contributed by atoms with Gasteiger partial charge in [-0.1, -0.05) is 11.6 Å². The maximum Gasteiger partial charge on any atom is 0.257 e. The Morgan fingerprint density at radius 2 is 2.07 bits per heavy atom. The largest absolute Gasteiger partial charge is 0.321 e. The van der Waals surface area contributed by atoms with Crippen molar-refractivity contribution in [2.75, 3.05) is 18.9 Å². The summed E-state index contributed by atoms with van der Waals surface area (Å²) in [6.45, 7) is 1.10. The minimum atomic E-state index is -0.254. The van der Waals surface area contributed by atoms with Gasteiger partial charge in [-0.2, -0.15) is 5.10 Å². The summed E-state index contributed by atoms with van der Waals surface area (Å²) in [5.74, 6) is -0.254. The van der Waals surface area contributed by atoms with Crippen LogP contribution in [0.4, 0.5) is 5.69 Å². The van der Waals surface area contributed by atoms with Gasteiger partial charge in [-0.15, -0.1) is 0 Å². The summed E-state index contributed by atoms with van der Waals surface area (Å²) >= 11 is 6.47. The molecular formula is C21H21ClN6O. The summed E-state index contributed by atoms with van der Waals surface area (Å²) in [7, 11) is 3.98. The number of amides is 1. The van der Waals surface area contributed by atoms with Crippen LogP contribution in [0, 0.1) is 0 Å². The summed E-state index contributed by atoms with van der Waals surface area (Å²) in [6.07, 6.45) is 7.92. The minimum Gasteiger partial charge on any atom is -0.321 e. The molecule has 0 saturated carbocycles. The highest BCUT2D eigenvalue weighted by Crippen LogP contribution is 2.30. The SMILES string of the molecule is CN1CCCC1c1cn2cc(NC(=O)c3ccc4c(cnn4C)c3Cl)ccc2n1. The van der Waals surface area contributed by atoms with Gasteiger partial charge in [0.2, 0.25) is 0 Å². The zero-order chi connectivity index (χ0) is 20.1. The number of fused-ring (bicyclic) bond motifs is 2. The molecule has 1 aromatic carbocycles. The Bertz CT molecular complexity index is 1240. The lowest BCUT2D eigenvalue weighted by molar-refractivity contribution is 0.102. The number of hydrogen-bond donors (Lipinski definition) is 1. The first-order valence-electron chi connectivity index (χ1n) is 9.62. The Morgan fingerprint density at radius 1 is 1.21 bits per heavy atom. The van der Waals surface area contributed by atoms with Crippen LogP contribution in [-0.2, 0) is 7.05 Å². The topological polar surface area (TPSA) is 67.5 Å². The summed E-state index contributed by atoms with van der Waals surface area (Å²) in [5, 5.41) is 8.31. The highest BCUT2D eigenvalue weighted by Gasteiger charge is 2.25. The number of rotatable bonds is 3. The number of aromatic nitrogens is 4. The third kappa shape index (κ3) is 3.07. The van der Waals surface area contributed by atoms with E-state index in [9.17, 15) is 4.79 Å². The Labute approximate surface area is 172 Å². The number of likely N-dealkylation sites (tertiary alicyclic amines) is 1. The average Bonchev–Trinajstić information content (AvgIpc) is 3.40. The van der Waals surface area contributed by atoms with Crippen LogP contribution in [0.15, 0.2) is 42.9 Å². The Morgan fingerprint density at radius 3 is 2.86 bits per heavy atom. The molecule has 0 spiro atoms. The second-order valence-electron chi connectivity index (χ2n) is 7.57. The van der Waals surface area contributed by atoms with E-state index in [2.05, 4.69) is 22.4 Å². The fourth-order valence-electron chi connectivity index (χ4n) is 4.10. The van der Waals surface area contributed by atoms with Crippen molar-refractivity contribution in [3.63, 3.8) is 0 Å². The molecule has 5 rings (SSSR count). The number of anilines is 1. The predicted octanol–water partition coefficient (Wildman–Crippen LogP) is 3.89. The van der Waals surface area contributed by atoms with Crippen molar-refractivity contribution in [1.82, 2.24) is 24.1 Å². The molecule has 29 heavy (non-hydrogen) atoms. The fourth-order valence-corrected chi connectivity index (χ4v) is 4.39. The second-order valence-corrected chi connectivity index (χ2v) is 7.95. The van der Waals surface area contributed by atoms with Crippen molar-refractivity contribution < 1.29 is 4.79 Å². The van der Waals surface area contributed by atoms with Crippen molar-refractivity contribution in [1.29, 1.82) is 0 Å². The molecule has 1 fully saturated rings. The molecule has 1 saturated heterocycles. The van der Waals surface area contributed by atoms with E-state index in [-0.39, 0.29) is 5.91 Å². The molecular weight excluding hydrogens is 388 g/mol. The number of carbonyl (C=O) groups excluding carboxylic acids is 1. The van der Waals surface area contributed by atoms with Crippen LogP contribution >= 0.6 is 11.6 Å². The van der Waals surface area contributed by atoms with Crippen molar-refractivity contribution in [3.8, 4) is 0 Å². The molecule has 1 amide bonds. The highest BCUT2D eigenvalue weighted by atomic mass is 35.5. The lowest BCUT2D eigenvalue weighted by atomic mass is 10.1. The van der Waals surface area contributed by atoms with Gasteiger partial charge in [-0.25, -0.2) is 4.98 Å². The van der Waals surface area contributed by atoms with E-state index in [0.29, 0.717) is 22.3 Å². The van der Waals surface area contributed by atoms with E-state index in [4.69, 9.17) is 16.6 Å². The van der Waals surface area contributed by atoms with Gasteiger partial charge in [-0.05, 0) is 50.7 Å². The summed E-state index contributed by atoms with van der Waals surface area (Å²) < 4.78 is 3.69. The molecule has 1 aliphatic rings. The molecule has 7 nitrogen and oxygen atoms in total. The van der Waals surface area contributed by atoms with Gasteiger partial charge in [0.15, 0.2) is 0 Å². The van der Waals surface area contributed by atoms with Gasteiger partial charge in [0.25, 0.3) is 5.91 Å². The number of nitrogens with zero attached hydrogens (tertiary/aromatic N) is 5. The Balaban J connectivity index is 1.42. The predicted molar refractivity (Wildman–Crippen MR) is 113 cm³/mol. The van der Waals surface area contributed by atoms with Crippen LogP contribution in [0.3, 0.4) is 0 Å². The monoisotopic (exact) mass is 408 g/mol. The summed E-state index contributed by atoms with van der Waals surface area (Å²) in [5.41, 5.74) is 3.93. The maximum atomic E-state index is 12.8. The van der Waals surface area contributed by atoms with Gasteiger partial charge < -0.3 is 9.72 Å². The summed E-state index contributed by atoms with van der Waals surface area (Å²) in [4.78, 5) is 19.9. The summed E-state index contributed by atoms with van der Waals surface area (Å²) in [6, 6.07) is 7.72. The number of halogens is 1. The van der Waals surface area contributed by atoms with Crippen LogP contribution in [-0.4, -0.2) is 43.6 Å². The number of aryl methyl sites for hydroxylation is 1. The number of pyridine rings is 1. The van der Waals surface area contributed by atoms with Crippen LogP contribution in [0.2, 0.25) is 5.02 Å². The molecule has 1 unspecified atom stereocenters. The molecule has 1 N–H and O–H groups in total. The van der Waals surface area contributed by atoms with Crippen LogP contribution in [0.25, 0.3) is 16.6 Å². The van der Waals surface area contributed by atoms with Crippen molar-refractivity contribution in [3.05, 3.63) is 59.1 Å². The average molecular weight is 409 g/mol. The van der Waals surface area contributed by atoms with Gasteiger partial charge in [0, 0.05) is 24.8 Å². The lowest BCUT2D eigenvalue weighted by Crippen LogP contribution is -2.17.